The molecule has 0 saturated carbocycles. The average Bonchev–Trinajstić information content (AvgIpc) is 2.53. The van der Waals surface area contributed by atoms with E-state index in [1.807, 2.05) is 6.07 Å². The molecule has 5 nitrogen and oxygen atoms in total. The minimum Gasteiger partial charge on any atom is -0.443 e. The summed E-state index contributed by atoms with van der Waals surface area (Å²) in [5.74, 6) is -0.577. The van der Waals surface area contributed by atoms with E-state index >= 15 is 0 Å². The Labute approximate surface area is 100 Å². The number of rotatable bonds is 3. The topological polar surface area (TPSA) is 86.1 Å². The van der Waals surface area contributed by atoms with E-state index in [9.17, 15) is 9.90 Å². The number of aromatic nitrogens is 1. The van der Waals surface area contributed by atoms with Crippen molar-refractivity contribution in [2.75, 3.05) is 0 Å². The summed E-state index contributed by atoms with van der Waals surface area (Å²) in [7, 11) is 0. The summed E-state index contributed by atoms with van der Waals surface area (Å²) >= 11 is 0. The minimum atomic E-state index is -0.791. The van der Waals surface area contributed by atoms with Gasteiger partial charge in [-0.1, -0.05) is 0 Å². The molecule has 0 aliphatic rings. The number of aliphatic hydroxyl groups excluding tert-OH is 1. The van der Waals surface area contributed by atoms with E-state index in [1.54, 1.807) is 20.8 Å². The summed E-state index contributed by atoms with van der Waals surface area (Å²) in [6.07, 6.45) is -1.44. The molecule has 0 aromatic carbocycles. The lowest BCUT2D eigenvalue weighted by Gasteiger charge is -2.06. The number of H-pyrrole nitrogens is 1. The van der Waals surface area contributed by atoms with Crippen molar-refractivity contribution in [3.05, 3.63) is 22.5 Å². The monoisotopic (exact) mass is 236 g/mol. The SMILES string of the molecule is Cc1[nH]c(C(=O)O[C@@H](C)C#N)c(C)c1[C@@H](C)O. The number of carbonyl (C=O) groups excluding carboxylic acids is 1. The van der Waals surface area contributed by atoms with Crippen molar-refractivity contribution in [3.8, 4) is 6.07 Å². The van der Waals surface area contributed by atoms with Gasteiger partial charge in [-0.25, -0.2) is 4.79 Å². The van der Waals surface area contributed by atoms with Gasteiger partial charge in [-0.2, -0.15) is 5.26 Å². The molecule has 5 heteroatoms. The van der Waals surface area contributed by atoms with Crippen LogP contribution in [0, 0.1) is 25.2 Å². The molecule has 0 aliphatic heterocycles. The minimum absolute atomic E-state index is 0.292. The number of aryl methyl sites for hydroxylation is 1. The average molecular weight is 236 g/mol. The van der Waals surface area contributed by atoms with Crippen LogP contribution in [0.1, 0.15) is 47.3 Å². The predicted molar refractivity (Wildman–Crippen MR) is 61.4 cm³/mol. The number of esters is 1. The fourth-order valence-electron chi connectivity index (χ4n) is 1.84. The summed E-state index contributed by atoms with van der Waals surface area (Å²) in [6.45, 7) is 6.65. The second kappa shape index (κ2) is 5.02. The highest BCUT2D eigenvalue weighted by Gasteiger charge is 2.22. The fraction of sp³-hybridized carbons (Fsp3) is 0.500. The Morgan fingerprint density at radius 1 is 1.47 bits per heavy atom. The molecule has 0 spiro atoms. The lowest BCUT2D eigenvalue weighted by molar-refractivity contribution is 0.0428. The van der Waals surface area contributed by atoms with Crippen LogP contribution in [0.15, 0.2) is 0 Å². The zero-order valence-electron chi connectivity index (χ0n) is 10.4. The molecule has 1 aromatic rings. The first kappa shape index (κ1) is 13.3. The van der Waals surface area contributed by atoms with Gasteiger partial charge in [-0.15, -0.1) is 0 Å². The van der Waals surface area contributed by atoms with Gasteiger partial charge in [0.2, 0.25) is 0 Å². The summed E-state index contributed by atoms with van der Waals surface area (Å²) in [6, 6.07) is 1.82. The molecule has 0 aliphatic carbocycles. The van der Waals surface area contributed by atoms with Crippen molar-refractivity contribution in [3.63, 3.8) is 0 Å². The first-order valence-electron chi connectivity index (χ1n) is 5.36. The van der Waals surface area contributed by atoms with Crippen molar-refractivity contribution in [1.82, 2.24) is 4.98 Å². The van der Waals surface area contributed by atoms with E-state index in [1.165, 1.54) is 6.92 Å². The zero-order chi connectivity index (χ0) is 13.2. The molecule has 2 atom stereocenters. The number of nitrogens with zero attached hydrogens (tertiary/aromatic N) is 1. The third-order valence-corrected chi connectivity index (χ3v) is 2.58. The number of aliphatic hydroxyl groups is 1. The summed E-state index contributed by atoms with van der Waals surface area (Å²) in [4.78, 5) is 14.6. The van der Waals surface area contributed by atoms with Crippen LogP contribution in [0.5, 0.6) is 0 Å². The molecular formula is C12H16N2O3. The van der Waals surface area contributed by atoms with Crippen LogP contribution >= 0.6 is 0 Å². The lowest BCUT2D eigenvalue weighted by Crippen LogP contribution is -2.14. The van der Waals surface area contributed by atoms with Crippen LogP contribution in [0.4, 0.5) is 0 Å². The van der Waals surface area contributed by atoms with Crippen molar-refractivity contribution in [1.29, 1.82) is 5.26 Å². The van der Waals surface area contributed by atoms with Crippen molar-refractivity contribution in [2.24, 2.45) is 0 Å². The maximum absolute atomic E-state index is 11.7. The Hall–Kier alpha value is -1.80. The van der Waals surface area contributed by atoms with Crippen LogP contribution < -0.4 is 0 Å². The maximum atomic E-state index is 11.7. The Morgan fingerprint density at radius 3 is 2.47 bits per heavy atom. The van der Waals surface area contributed by atoms with E-state index < -0.39 is 18.2 Å². The van der Waals surface area contributed by atoms with Gasteiger partial charge in [-0.05, 0) is 33.3 Å². The van der Waals surface area contributed by atoms with Crippen LogP contribution in [-0.4, -0.2) is 22.2 Å². The molecular weight excluding hydrogens is 220 g/mol. The van der Waals surface area contributed by atoms with Gasteiger partial charge in [0.1, 0.15) is 11.8 Å². The number of hydrogen-bond donors (Lipinski definition) is 2. The smallest absolute Gasteiger partial charge is 0.356 e. The number of carbonyl (C=O) groups is 1. The number of hydrogen-bond acceptors (Lipinski definition) is 4. The van der Waals surface area contributed by atoms with E-state index in [-0.39, 0.29) is 0 Å². The van der Waals surface area contributed by atoms with E-state index in [4.69, 9.17) is 10.00 Å². The van der Waals surface area contributed by atoms with Gasteiger partial charge < -0.3 is 14.8 Å². The first-order chi connectivity index (χ1) is 7.88. The Balaban J connectivity index is 3.05. The summed E-state index contributed by atoms with van der Waals surface area (Å²) < 4.78 is 4.90. The van der Waals surface area contributed by atoms with Crippen LogP contribution in [0.25, 0.3) is 0 Å². The maximum Gasteiger partial charge on any atom is 0.356 e. The highest BCUT2D eigenvalue weighted by Crippen LogP contribution is 2.24. The molecule has 0 amide bonds. The number of aromatic amines is 1. The molecule has 0 bridgehead atoms. The van der Waals surface area contributed by atoms with Gasteiger partial charge in [0.15, 0.2) is 6.10 Å². The molecule has 0 unspecified atom stereocenters. The zero-order valence-corrected chi connectivity index (χ0v) is 10.4. The third-order valence-electron chi connectivity index (χ3n) is 2.58. The van der Waals surface area contributed by atoms with Crippen LogP contribution in [0.3, 0.4) is 0 Å². The first-order valence-corrected chi connectivity index (χ1v) is 5.36. The Kier molecular flexibility index (Phi) is 3.92. The van der Waals surface area contributed by atoms with Crippen LogP contribution in [0.2, 0.25) is 0 Å². The fourth-order valence-corrected chi connectivity index (χ4v) is 1.84. The molecule has 1 heterocycles. The Bertz CT molecular complexity index is 469. The number of nitrogens with one attached hydrogen (secondary N) is 1. The molecule has 0 radical (unpaired) electrons. The Morgan fingerprint density at radius 2 is 2.06 bits per heavy atom. The third kappa shape index (κ3) is 2.66. The van der Waals surface area contributed by atoms with Gasteiger partial charge in [0.05, 0.1) is 6.10 Å². The van der Waals surface area contributed by atoms with Crippen molar-refractivity contribution in [2.45, 2.75) is 39.9 Å². The standard InChI is InChI=1S/C12H16N2O3/c1-6(5-13)17-12(16)11-7(2)10(9(4)15)8(3)14-11/h6,9,14-15H,1-4H3/t6-,9+/m0/s1. The van der Waals surface area contributed by atoms with Crippen molar-refractivity contribution < 1.29 is 14.6 Å². The largest absolute Gasteiger partial charge is 0.443 e. The summed E-state index contributed by atoms with van der Waals surface area (Å²) in [5.41, 5.74) is 2.38. The lowest BCUT2D eigenvalue weighted by atomic mass is 10.1. The van der Waals surface area contributed by atoms with E-state index in [2.05, 4.69) is 4.98 Å². The molecule has 2 N–H and O–H groups in total. The van der Waals surface area contributed by atoms with Gasteiger partial charge in [-0.3, -0.25) is 0 Å². The van der Waals surface area contributed by atoms with E-state index in [0.29, 0.717) is 16.8 Å². The molecule has 92 valence electrons. The van der Waals surface area contributed by atoms with Crippen molar-refractivity contribution >= 4 is 5.97 Å². The molecule has 0 saturated heterocycles. The second-order valence-corrected chi connectivity index (χ2v) is 4.02. The quantitative estimate of drug-likeness (QED) is 0.783. The van der Waals surface area contributed by atoms with Gasteiger partial charge in [0, 0.05) is 11.3 Å². The highest BCUT2D eigenvalue weighted by atomic mass is 16.5. The second-order valence-electron chi connectivity index (χ2n) is 4.02. The highest BCUT2D eigenvalue weighted by molar-refractivity contribution is 5.90. The van der Waals surface area contributed by atoms with Gasteiger partial charge in [0.25, 0.3) is 0 Å². The molecule has 1 aromatic heterocycles. The number of nitriles is 1. The normalized spacial score (nSPS) is 13.9. The molecule has 17 heavy (non-hydrogen) atoms. The predicted octanol–water partition coefficient (Wildman–Crippen LogP) is 1.75. The van der Waals surface area contributed by atoms with E-state index in [0.717, 1.165) is 5.69 Å². The molecule has 1 rings (SSSR count). The summed E-state index contributed by atoms with van der Waals surface area (Å²) in [5, 5.41) is 18.2. The number of ether oxygens (including phenoxy) is 1. The van der Waals surface area contributed by atoms with Gasteiger partial charge >= 0.3 is 5.97 Å². The van der Waals surface area contributed by atoms with Crippen LogP contribution in [-0.2, 0) is 4.74 Å². The molecule has 0 fully saturated rings.